The van der Waals surface area contributed by atoms with Crippen LogP contribution in [-0.4, -0.2) is 65.4 Å². The van der Waals surface area contributed by atoms with Gasteiger partial charge in [0.15, 0.2) is 23.0 Å². The number of fused-ring (bicyclic) bond motifs is 2. The van der Waals surface area contributed by atoms with Gasteiger partial charge >= 0.3 is 0 Å². The van der Waals surface area contributed by atoms with Gasteiger partial charge < -0.3 is 18.9 Å². The van der Waals surface area contributed by atoms with Crippen LogP contribution in [0, 0.1) is 0 Å². The van der Waals surface area contributed by atoms with Crippen LogP contribution >= 0.6 is 12.4 Å². The zero-order valence-corrected chi connectivity index (χ0v) is 24.8. The normalized spacial score (nSPS) is 18.9. The highest BCUT2D eigenvalue weighted by Crippen LogP contribution is 2.41. The highest BCUT2D eigenvalue weighted by Gasteiger charge is 2.30. The zero-order valence-electron chi connectivity index (χ0n) is 24.0. The number of methoxy groups -OCH3 is 4. The lowest BCUT2D eigenvalue weighted by Gasteiger charge is -2.37. The topological polar surface area (TPSA) is 43.4 Å². The number of ether oxygens (including phenoxy) is 4. The molecule has 2 aliphatic rings. The van der Waals surface area contributed by atoms with Gasteiger partial charge in [-0.1, -0.05) is 24.3 Å². The van der Waals surface area contributed by atoms with Gasteiger partial charge in [0.2, 0.25) is 0 Å². The fourth-order valence-corrected chi connectivity index (χ4v) is 6.21. The summed E-state index contributed by atoms with van der Waals surface area (Å²) in [5, 5.41) is 0. The van der Waals surface area contributed by atoms with Gasteiger partial charge in [0, 0.05) is 25.2 Å². The van der Waals surface area contributed by atoms with Crippen molar-refractivity contribution in [1.29, 1.82) is 0 Å². The molecule has 2 unspecified atom stereocenters. The van der Waals surface area contributed by atoms with Gasteiger partial charge in [0.05, 0.1) is 28.4 Å². The highest BCUT2D eigenvalue weighted by molar-refractivity contribution is 5.85. The van der Waals surface area contributed by atoms with Gasteiger partial charge in [-0.25, -0.2) is 0 Å². The Morgan fingerprint density at radius 2 is 0.974 bits per heavy atom. The maximum atomic E-state index is 5.67. The summed E-state index contributed by atoms with van der Waals surface area (Å²) in [5.41, 5.74) is 8.17. The predicted octanol–water partition coefficient (Wildman–Crippen LogP) is 5.69. The molecule has 39 heavy (non-hydrogen) atoms. The Labute approximate surface area is 239 Å². The summed E-state index contributed by atoms with van der Waals surface area (Å²) in [6.07, 6.45) is 3.92. The summed E-state index contributed by atoms with van der Waals surface area (Å²) >= 11 is 0. The van der Waals surface area contributed by atoms with E-state index >= 15 is 0 Å². The number of halogens is 1. The molecule has 7 heteroatoms. The molecule has 5 rings (SSSR count). The van der Waals surface area contributed by atoms with E-state index < -0.39 is 0 Å². The molecule has 2 aliphatic heterocycles. The van der Waals surface area contributed by atoms with Crippen LogP contribution in [0.5, 0.6) is 23.0 Å². The first kappa shape index (κ1) is 29.1. The van der Waals surface area contributed by atoms with Crippen molar-refractivity contribution in [2.75, 3.05) is 55.6 Å². The van der Waals surface area contributed by atoms with Crippen LogP contribution in [0.2, 0.25) is 0 Å². The fourth-order valence-electron chi connectivity index (χ4n) is 6.21. The summed E-state index contributed by atoms with van der Waals surface area (Å²) < 4.78 is 22.5. The van der Waals surface area contributed by atoms with E-state index in [-0.39, 0.29) is 24.5 Å². The minimum atomic E-state index is 0. The van der Waals surface area contributed by atoms with Crippen molar-refractivity contribution < 1.29 is 18.9 Å². The second-order valence-corrected chi connectivity index (χ2v) is 10.5. The van der Waals surface area contributed by atoms with E-state index in [1.807, 2.05) is 0 Å². The lowest BCUT2D eigenvalue weighted by molar-refractivity contribution is 0.222. The van der Waals surface area contributed by atoms with Crippen LogP contribution in [0.4, 0.5) is 0 Å². The van der Waals surface area contributed by atoms with E-state index in [0.29, 0.717) is 0 Å². The molecule has 0 radical (unpaired) electrons. The van der Waals surface area contributed by atoms with Gasteiger partial charge in [0.1, 0.15) is 0 Å². The summed E-state index contributed by atoms with van der Waals surface area (Å²) in [6.45, 7) is 2.05. The Kier molecular flexibility index (Phi) is 9.31. The number of likely N-dealkylation sites (N-methyl/N-ethyl adjacent to an activating group) is 2. The lowest BCUT2D eigenvalue weighted by Crippen LogP contribution is -2.35. The number of hydrogen-bond donors (Lipinski definition) is 0. The summed E-state index contributed by atoms with van der Waals surface area (Å²) in [7, 11) is 11.3. The van der Waals surface area contributed by atoms with E-state index in [1.54, 1.807) is 28.4 Å². The molecule has 2 atom stereocenters. The second kappa shape index (κ2) is 12.5. The quantitative estimate of drug-likeness (QED) is 0.358. The van der Waals surface area contributed by atoms with E-state index in [1.165, 1.54) is 33.4 Å². The van der Waals surface area contributed by atoms with Crippen LogP contribution in [0.1, 0.15) is 45.5 Å². The summed E-state index contributed by atoms with van der Waals surface area (Å²) in [5.74, 6) is 3.20. The molecule has 0 saturated carbocycles. The first-order valence-corrected chi connectivity index (χ1v) is 13.4. The predicted molar refractivity (Wildman–Crippen MR) is 158 cm³/mol. The van der Waals surface area contributed by atoms with Gasteiger partial charge in [0.25, 0.3) is 0 Å². The average molecular weight is 553 g/mol. The molecule has 0 aromatic heterocycles. The largest absolute Gasteiger partial charge is 0.493 e. The summed E-state index contributed by atoms with van der Waals surface area (Å²) in [4.78, 5) is 4.95. The van der Waals surface area contributed by atoms with Gasteiger partial charge in [-0.15, -0.1) is 12.4 Å². The van der Waals surface area contributed by atoms with E-state index in [4.69, 9.17) is 18.9 Å². The van der Waals surface area contributed by atoms with Gasteiger partial charge in [-0.2, -0.15) is 0 Å². The molecule has 0 aliphatic carbocycles. The SMILES string of the molecule is COc1cc2c(cc1OC)C(Cc1ccccc1CC1c3cc(OC)c(OC)cc3CCN1C)N(C)CC2.Cl. The van der Waals surface area contributed by atoms with Crippen molar-refractivity contribution in [3.63, 3.8) is 0 Å². The minimum absolute atomic E-state index is 0. The average Bonchev–Trinajstić information content (AvgIpc) is 2.95. The number of benzene rings is 3. The van der Waals surface area contributed by atoms with Crippen LogP contribution < -0.4 is 18.9 Å². The number of hydrogen-bond acceptors (Lipinski definition) is 6. The Balaban J connectivity index is 0.00000353. The van der Waals surface area contributed by atoms with Crippen LogP contribution in [0.15, 0.2) is 48.5 Å². The Hall–Kier alpha value is -2.93. The second-order valence-electron chi connectivity index (χ2n) is 10.5. The summed E-state index contributed by atoms with van der Waals surface area (Å²) in [6, 6.07) is 18.2. The first-order valence-electron chi connectivity index (χ1n) is 13.4. The monoisotopic (exact) mass is 552 g/mol. The molecule has 0 bridgehead atoms. The molecule has 0 spiro atoms. The van der Waals surface area contributed by atoms with Crippen LogP contribution in [0.25, 0.3) is 0 Å². The van der Waals surface area contributed by atoms with Crippen molar-refractivity contribution >= 4 is 12.4 Å². The molecular weight excluding hydrogens is 512 g/mol. The molecule has 3 aromatic rings. The Morgan fingerprint density at radius 3 is 1.33 bits per heavy atom. The third-order valence-corrected chi connectivity index (χ3v) is 8.49. The zero-order chi connectivity index (χ0) is 26.8. The third kappa shape index (κ3) is 5.69. The third-order valence-electron chi connectivity index (χ3n) is 8.49. The number of rotatable bonds is 8. The smallest absolute Gasteiger partial charge is 0.161 e. The van der Waals surface area contributed by atoms with E-state index in [0.717, 1.165) is 61.8 Å². The molecule has 0 amide bonds. The van der Waals surface area contributed by atoms with E-state index in [2.05, 4.69) is 72.4 Å². The molecule has 0 fully saturated rings. The van der Waals surface area contributed by atoms with Crippen molar-refractivity contribution in [1.82, 2.24) is 9.80 Å². The molecule has 0 saturated heterocycles. The highest BCUT2D eigenvalue weighted by atomic mass is 35.5. The lowest BCUT2D eigenvalue weighted by atomic mass is 9.84. The van der Waals surface area contributed by atoms with Crippen LogP contribution in [-0.2, 0) is 25.7 Å². The van der Waals surface area contributed by atoms with Crippen molar-refractivity contribution in [3.05, 3.63) is 81.9 Å². The standard InChI is InChI=1S/C32H40N2O4.ClH/c1-33-13-11-23-17-29(35-3)31(37-5)19-25(23)27(33)15-21-9-7-8-10-22(21)16-28-26-20-32(38-6)30(36-4)18-24(26)12-14-34(28)2;/h7-10,17-20,27-28H,11-16H2,1-6H3;1H. The number of nitrogens with zero attached hydrogens (tertiary/aromatic N) is 2. The van der Waals surface area contributed by atoms with Gasteiger partial charge in [-0.3, -0.25) is 9.80 Å². The van der Waals surface area contributed by atoms with Crippen molar-refractivity contribution in [2.24, 2.45) is 0 Å². The molecular formula is C32H41ClN2O4. The fraction of sp³-hybridized carbons (Fsp3) is 0.438. The van der Waals surface area contributed by atoms with Crippen molar-refractivity contribution in [2.45, 2.75) is 37.8 Å². The molecule has 2 heterocycles. The molecule has 210 valence electrons. The first-order chi connectivity index (χ1) is 18.5. The van der Waals surface area contributed by atoms with Gasteiger partial charge in [-0.05, 0) is 97.4 Å². The minimum Gasteiger partial charge on any atom is -0.493 e. The van der Waals surface area contributed by atoms with Crippen LogP contribution in [0.3, 0.4) is 0 Å². The molecule has 6 nitrogen and oxygen atoms in total. The maximum absolute atomic E-state index is 5.67. The van der Waals surface area contributed by atoms with E-state index in [9.17, 15) is 0 Å². The molecule has 0 N–H and O–H groups in total. The Morgan fingerprint density at radius 1 is 0.615 bits per heavy atom. The Bertz CT molecular complexity index is 1200. The van der Waals surface area contributed by atoms with Crippen molar-refractivity contribution in [3.8, 4) is 23.0 Å². The maximum Gasteiger partial charge on any atom is 0.161 e. The molecule has 3 aromatic carbocycles.